The minimum absolute atomic E-state index is 0.0893. The van der Waals surface area contributed by atoms with E-state index in [2.05, 4.69) is 5.10 Å². The van der Waals surface area contributed by atoms with Gasteiger partial charge in [-0.05, 0) is 23.8 Å². The molecule has 0 saturated heterocycles. The summed E-state index contributed by atoms with van der Waals surface area (Å²) < 4.78 is 13.4. The fraction of sp³-hybridized carbons (Fsp3) is 0.318. The van der Waals surface area contributed by atoms with Crippen molar-refractivity contribution in [3.05, 3.63) is 70.5 Å². The molecule has 1 aliphatic heterocycles. The lowest BCUT2D eigenvalue weighted by atomic mass is 9.98. The van der Waals surface area contributed by atoms with E-state index in [1.165, 1.54) is 22.0 Å². The predicted octanol–water partition coefficient (Wildman–Crippen LogP) is 4.27. The maximum atomic E-state index is 13.4. The molecule has 2 aromatic rings. The topological polar surface area (TPSA) is 53.0 Å². The number of benzene rings is 2. The minimum atomic E-state index is -0.392. The van der Waals surface area contributed by atoms with E-state index in [1.807, 2.05) is 18.2 Å². The van der Waals surface area contributed by atoms with Crippen LogP contribution in [0, 0.1) is 11.7 Å². The molecule has 0 aromatic heterocycles. The van der Waals surface area contributed by atoms with Gasteiger partial charge in [-0.3, -0.25) is 9.59 Å². The van der Waals surface area contributed by atoms with Gasteiger partial charge in [-0.15, -0.1) is 0 Å². The van der Waals surface area contributed by atoms with Crippen molar-refractivity contribution in [2.45, 2.75) is 26.3 Å². The van der Waals surface area contributed by atoms with E-state index in [0.717, 1.165) is 11.1 Å². The first-order chi connectivity index (χ1) is 13.8. The Bertz CT molecular complexity index is 943. The molecule has 2 aromatic carbocycles. The quantitative estimate of drug-likeness (QED) is 0.732. The number of carbonyl (C=O) groups excluding carboxylic acids is 2. The van der Waals surface area contributed by atoms with Crippen LogP contribution in [0.25, 0.3) is 0 Å². The van der Waals surface area contributed by atoms with E-state index in [-0.39, 0.29) is 30.1 Å². The number of halogens is 2. The Morgan fingerprint density at radius 2 is 1.86 bits per heavy atom. The van der Waals surface area contributed by atoms with Crippen molar-refractivity contribution in [1.82, 2.24) is 9.91 Å². The zero-order valence-corrected chi connectivity index (χ0v) is 17.4. The Balaban J connectivity index is 1.91. The van der Waals surface area contributed by atoms with Crippen LogP contribution < -0.4 is 0 Å². The van der Waals surface area contributed by atoms with Gasteiger partial charge in [-0.2, -0.15) is 5.10 Å². The third kappa shape index (κ3) is 4.65. The Morgan fingerprint density at radius 1 is 1.21 bits per heavy atom. The molecule has 0 radical (unpaired) electrons. The van der Waals surface area contributed by atoms with Gasteiger partial charge in [0.2, 0.25) is 5.91 Å². The van der Waals surface area contributed by atoms with Crippen LogP contribution in [0.5, 0.6) is 0 Å². The zero-order chi connectivity index (χ0) is 21.1. The third-order valence-electron chi connectivity index (χ3n) is 4.85. The van der Waals surface area contributed by atoms with Crippen LogP contribution in [-0.4, -0.2) is 41.0 Å². The van der Waals surface area contributed by atoms with Gasteiger partial charge >= 0.3 is 0 Å². The number of hydrogen-bond donors (Lipinski definition) is 0. The predicted molar refractivity (Wildman–Crippen MR) is 111 cm³/mol. The van der Waals surface area contributed by atoms with Gasteiger partial charge in [0.05, 0.1) is 11.8 Å². The number of likely N-dealkylation sites (N-methyl/N-ethyl adjacent to an activating group) is 1. The lowest BCUT2D eigenvalue weighted by Gasteiger charge is -2.25. The molecule has 1 unspecified atom stereocenters. The molecule has 1 aliphatic rings. The lowest BCUT2D eigenvalue weighted by molar-refractivity contribution is -0.142. The van der Waals surface area contributed by atoms with E-state index >= 15 is 0 Å². The largest absolute Gasteiger partial charge is 0.336 e. The standard InChI is InChI=1S/C22H23ClFN3O2/c1-14(2)22(29)26(3)13-21(28)27-20(15-8-10-16(24)11-9-15)12-19(25-27)17-6-4-5-7-18(17)23/h4-11,14,20H,12-13H2,1-3H3. The molecule has 0 N–H and O–H groups in total. The van der Waals surface area contributed by atoms with Gasteiger partial charge in [-0.25, -0.2) is 9.40 Å². The molecular formula is C22H23ClFN3O2. The van der Waals surface area contributed by atoms with Gasteiger partial charge in [-0.1, -0.05) is 55.8 Å². The fourth-order valence-electron chi connectivity index (χ4n) is 3.34. The molecule has 3 rings (SSSR count). The zero-order valence-electron chi connectivity index (χ0n) is 16.6. The summed E-state index contributed by atoms with van der Waals surface area (Å²) in [5, 5.41) is 6.47. The first-order valence-electron chi connectivity index (χ1n) is 9.42. The van der Waals surface area contributed by atoms with Gasteiger partial charge in [0, 0.05) is 30.0 Å². The van der Waals surface area contributed by atoms with E-state index in [1.54, 1.807) is 39.1 Å². The van der Waals surface area contributed by atoms with Crippen molar-refractivity contribution < 1.29 is 14.0 Å². The molecule has 2 amide bonds. The van der Waals surface area contributed by atoms with Crippen LogP contribution in [0.15, 0.2) is 53.6 Å². The molecule has 1 atom stereocenters. The van der Waals surface area contributed by atoms with Crippen molar-refractivity contribution in [1.29, 1.82) is 0 Å². The maximum absolute atomic E-state index is 13.4. The second kappa shape index (κ2) is 8.74. The molecule has 0 spiro atoms. The van der Waals surface area contributed by atoms with Crippen molar-refractivity contribution in [2.24, 2.45) is 11.0 Å². The molecule has 1 heterocycles. The van der Waals surface area contributed by atoms with Gasteiger partial charge in [0.1, 0.15) is 12.4 Å². The second-order valence-corrected chi connectivity index (χ2v) is 7.79. The Labute approximate surface area is 174 Å². The van der Waals surface area contributed by atoms with Crippen LogP contribution >= 0.6 is 11.6 Å². The summed E-state index contributed by atoms with van der Waals surface area (Å²) in [6.45, 7) is 3.48. The summed E-state index contributed by atoms with van der Waals surface area (Å²) in [5.41, 5.74) is 2.20. The third-order valence-corrected chi connectivity index (χ3v) is 5.18. The average Bonchev–Trinajstić information content (AvgIpc) is 3.13. The highest BCUT2D eigenvalue weighted by atomic mass is 35.5. The number of hydrogen-bond acceptors (Lipinski definition) is 3. The SMILES string of the molecule is CC(C)C(=O)N(C)CC(=O)N1N=C(c2ccccc2Cl)CC1c1ccc(F)cc1. The Hall–Kier alpha value is -2.73. The van der Waals surface area contributed by atoms with Crippen LogP contribution in [0.3, 0.4) is 0 Å². The van der Waals surface area contributed by atoms with E-state index in [4.69, 9.17) is 11.6 Å². The van der Waals surface area contributed by atoms with E-state index in [0.29, 0.717) is 17.2 Å². The summed E-state index contributed by atoms with van der Waals surface area (Å²) in [7, 11) is 1.60. The smallest absolute Gasteiger partial charge is 0.262 e. The summed E-state index contributed by atoms with van der Waals surface area (Å²) in [4.78, 5) is 26.6. The van der Waals surface area contributed by atoms with Crippen molar-refractivity contribution >= 4 is 29.1 Å². The normalized spacial score (nSPS) is 16.1. The highest BCUT2D eigenvalue weighted by Gasteiger charge is 2.34. The van der Waals surface area contributed by atoms with Crippen molar-refractivity contribution in [2.75, 3.05) is 13.6 Å². The van der Waals surface area contributed by atoms with E-state index in [9.17, 15) is 14.0 Å². The monoisotopic (exact) mass is 415 g/mol. The van der Waals surface area contributed by atoms with E-state index < -0.39 is 6.04 Å². The fourth-order valence-corrected chi connectivity index (χ4v) is 3.58. The number of nitrogens with zero attached hydrogens (tertiary/aromatic N) is 3. The van der Waals surface area contributed by atoms with Crippen LogP contribution in [0.1, 0.15) is 37.4 Å². The molecule has 0 aliphatic carbocycles. The molecule has 0 fully saturated rings. The van der Waals surface area contributed by atoms with Crippen LogP contribution in [0.4, 0.5) is 4.39 Å². The molecule has 7 heteroatoms. The summed E-state index contributed by atoms with van der Waals surface area (Å²) in [6.07, 6.45) is 0.447. The van der Waals surface area contributed by atoms with Gasteiger partial charge in [0.15, 0.2) is 0 Å². The maximum Gasteiger partial charge on any atom is 0.262 e. The molecular weight excluding hydrogens is 393 g/mol. The summed E-state index contributed by atoms with van der Waals surface area (Å²) in [6, 6.07) is 12.9. The number of hydrazone groups is 1. The number of rotatable bonds is 5. The van der Waals surface area contributed by atoms with Crippen molar-refractivity contribution in [3.63, 3.8) is 0 Å². The van der Waals surface area contributed by atoms with Gasteiger partial charge in [0.25, 0.3) is 5.91 Å². The summed E-state index contributed by atoms with van der Waals surface area (Å²) in [5.74, 6) is -0.982. The highest BCUT2D eigenvalue weighted by molar-refractivity contribution is 6.34. The Morgan fingerprint density at radius 3 is 2.48 bits per heavy atom. The lowest BCUT2D eigenvalue weighted by Crippen LogP contribution is -2.40. The molecule has 0 saturated carbocycles. The van der Waals surface area contributed by atoms with Crippen LogP contribution in [-0.2, 0) is 9.59 Å². The first kappa shape index (κ1) is 21.0. The highest BCUT2D eigenvalue weighted by Crippen LogP contribution is 2.34. The molecule has 5 nitrogen and oxygen atoms in total. The Kier molecular flexibility index (Phi) is 6.33. The van der Waals surface area contributed by atoms with Crippen molar-refractivity contribution in [3.8, 4) is 0 Å². The number of carbonyl (C=O) groups is 2. The van der Waals surface area contributed by atoms with Gasteiger partial charge < -0.3 is 4.90 Å². The molecule has 0 bridgehead atoms. The summed E-state index contributed by atoms with van der Waals surface area (Å²) >= 11 is 6.32. The first-order valence-corrected chi connectivity index (χ1v) is 9.80. The molecule has 29 heavy (non-hydrogen) atoms. The second-order valence-electron chi connectivity index (χ2n) is 7.39. The molecule has 152 valence electrons. The number of amides is 2. The average molecular weight is 416 g/mol. The van der Waals surface area contributed by atoms with Crippen LogP contribution in [0.2, 0.25) is 5.02 Å². The minimum Gasteiger partial charge on any atom is -0.336 e.